The molecule has 1 aromatic heterocycles. The number of rotatable bonds is 2. The van der Waals surface area contributed by atoms with Crippen LogP contribution in [0.15, 0.2) is 23.2 Å². The lowest BCUT2D eigenvalue weighted by atomic mass is 9.96. The molecule has 2 rings (SSSR count). The van der Waals surface area contributed by atoms with Gasteiger partial charge in [0.05, 0.1) is 10.2 Å². The molecule has 4 heteroatoms. The summed E-state index contributed by atoms with van der Waals surface area (Å²) < 4.78 is 3.36. The van der Waals surface area contributed by atoms with E-state index in [0.717, 1.165) is 17.8 Å². The van der Waals surface area contributed by atoms with Crippen LogP contribution in [-0.2, 0) is 17.8 Å². The molecule has 0 saturated heterocycles. The Balaban J connectivity index is 2.73. The van der Waals surface area contributed by atoms with Gasteiger partial charge in [-0.25, -0.2) is 0 Å². The minimum Gasteiger partial charge on any atom is -0.316 e. The van der Waals surface area contributed by atoms with Crippen LogP contribution in [0.3, 0.4) is 0 Å². The highest BCUT2D eigenvalue weighted by Crippen LogP contribution is 2.22. The van der Waals surface area contributed by atoms with Gasteiger partial charge in [0.1, 0.15) is 0 Å². The third-order valence-corrected chi connectivity index (χ3v) is 4.36. The molecule has 0 saturated carbocycles. The van der Waals surface area contributed by atoms with Crippen molar-refractivity contribution in [2.24, 2.45) is 10.4 Å². The highest BCUT2D eigenvalue weighted by atomic mass is 32.1. The topological polar surface area (TPSA) is 34.4 Å². The third kappa shape index (κ3) is 2.70. The van der Waals surface area contributed by atoms with E-state index in [-0.39, 0.29) is 5.91 Å². The lowest BCUT2D eigenvalue weighted by Crippen LogP contribution is -2.23. The fourth-order valence-corrected chi connectivity index (χ4v) is 3.26. The number of amides is 1. The second-order valence-electron chi connectivity index (χ2n) is 5.91. The van der Waals surface area contributed by atoms with E-state index in [1.54, 1.807) is 11.3 Å². The largest absolute Gasteiger partial charge is 0.316 e. The number of aryl methyl sites for hydroxylation is 2. The minimum atomic E-state index is -0.435. The van der Waals surface area contributed by atoms with E-state index >= 15 is 0 Å². The Morgan fingerprint density at radius 1 is 1.30 bits per heavy atom. The molecule has 0 bridgehead atoms. The Morgan fingerprint density at radius 3 is 2.55 bits per heavy atom. The van der Waals surface area contributed by atoms with Gasteiger partial charge in [-0.05, 0) is 25.0 Å². The van der Waals surface area contributed by atoms with Gasteiger partial charge in [-0.15, -0.1) is 0 Å². The van der Waals surface area contributed by atoms with Crippen LogP contribution in [0.25, 0.3) is 10.2 Å². The molecule has 1 aromatic carbocycles. The fraction of sp³-hybridized carbons (Fsp3) is 0.500. The normalized spacial score (nSPS) is 13.2. The number of thiazole rings is 1. The number of nitrogens with zero attached hydrogens (tertiary/aromatic N) is 2. The summed E-state index contributed by atoms with van der Waals surface area (Å²) in [4.78, 5) is 17.3. The number of para-hydroxylation sites is 1. The maximum Gasteiger partial charge on any atom is 0.253 e. The van der Waals surface area contributed by atoms with Gasteiger partial charge in [0, 0.05) is 12.0 Å². The Kier molecular flexibility index (Phi) is 4.14. The molecule has 0 spiro atoms. The fourth-order valence-electron chi connectivity index (χ4n) is 2.12. The molecule has 0 atom stereocenters. The van der Waals surface area contributed by atoms with Gasteiger partial charge >= 0.3 is 0 Å². The van der Waals surface area contributed by atoms with Gasteiger partial charge < -0.3 is 4.57 Å². The first-order valence-corrected chi connectivity index (χ1v) is 7.90. The number of fused-ring (bicyclic) bond motifs is 1. The quantitative estimate of drug-likeness (QED) is 0.829. The van der Waals surface area contributed by atoms with Crippen molar-refractivity contribution in [3.8, 4) is 0 Å². The van der Waals surface area contributed by atoms with Crippen molar-refractivity contribution in [3.63, 3.8) is 0 Å². The van der Waals surface area contributed by atoms with E-state index in [4.69, 9.17) is 0 Å². The molecule has 2 aromatic rings. The lowest BCUT2D eigenvalue weighted by Gasteiger charge is -2.11. The minimum absolute atomic E-state index is 0.0655. The maximum absolute atomic E-state index is 12.2. The summed E-state index contributed by atoms with van der Waals surface area (Å²) in [5.41, 5.74) is 2.10. The highest BCUT2D eigenvalue weighted by Gasteiger charge is 2.21. The molecular weight excluding hydrogens is 268 g/mol. The van der Waals surface area contributed by atoms with Crippen LogP contribution in [0, 0.1) is 5.41 Å². The van der Waals surface area contributed by atoms with Gasteiger partial charge in [0.15, 0.2) is 4.80 Å². The molecule has 0 fully saturated rings. The summed E-state index contributed by atoms with van der Waals surface area (Å²) in [7, 11) is 0. The summed E-state index contributed by atoms with van der Waals surface area (Å²) in [6, 6.07) is 6.33. The highest BCUT2D eigenvalue weighted by molar-refractivity contribution is 7.16. The Labute approximate surface area is 124 Å². The van der Waals surface area contributed by atoms with E-state index < -0.39 is 5.41 Å². The molecule has 3 nitrogen and oxygen atoms in total. The van der Waals surface area contributed by atoms with E-state index in [1.807, 2.05) is 20.8 Å². The van der Waals surface area contributed by atoms with Crippen molar-refractivity contribution >= 4 is 27.5 Å². The van der Waals surface area contributed by atoms with Crippen molar-refractivity contribution in [2.45, 2.75) is 47.6 Å². The van der Waals surface area contributed by atoms with Crippen molar-refractivity contribution in [1.82, 2.24) is 4.57 Å². The Hall–Kier alpha value is -1.42. The van der Waals surface area contributed by atoms with Gasteiger partial charge in [0.25, 0.3) is 5.91 Å². The third-order valence-electron chi connectivity index (χ3n) is 3.32. The zero-order valence-corrected chi connectivity index (χ0v) is 13.7. The second-order valence-corrected chi connectivity index (χ2v) is 6.92. The van der Waals surface area contributed by atoms with Crippen LogP contribution in [0.2, 0.25) is 0 Å². The predicted molar refractivity (Wildman–Crippen MR) is 84.9 cm³/mol. The zero-order chi connectivity index (χ0) is 14.9. The van der Waals surface area contributed by atoms with Crippen LogP contribution in [-0.4, -0.2) is 10.5 Å². The van der Waals surface area contributed by atoms with Crippen molar-refractivity contribution in [1.29, 1.82) is 0 Å². The monoisotopic (exact) mass is 290 g/mol. The number of hydrogen-bond acceptors (Lipinski definition) is 2. The molecule has 0 aliphatic heterocycles. The molecule has 20 heavy (non-hydrogen) atoms. The van der Waals surface area contributed by atoms with Crippen LogP contribution in [0.1, 0.15) is 40.2 Å². The summed E-state index contributed by atoms with van der Waals surface area (Å²) in [6.07, 6.45) is 0.987. The standard InChI is InChI=1S/C16H22N2OS/c1-6-11-9-8-10-12-13(11)18(7-2)15(20-12)17-14(19)16(3,4)5/h8-10H,6-7H2,1-5H3. The second kappa shape index (κ2) is 5.52. The van der Waals surface area contributed by atoms with E-state index in [9.17, 15) is 4.79 Å². The summed E-state index contributed by atoms with van der Waals surface area (Å²) in [5, 5.41) is 0. The first-order chi connectivity index (χ1) is 9.38. The number of carbonyl (C=O) groups excluding carboxylic acids is 1. The summed E-state index contributed by atoms with van der Waals surface area (Å²) >= 11 is 1.60. The first-order valence-electron chi connectivity index (χ1n) is 7.08. The zero-order valence-electron chi connectivity index (χ0n) is 12.9. The van der Waals surface area contributed by atoms with Crippen LogP contribution >= 0.6 is 11.3 Å². The molecular formula is C16H22N2OS. The molecule has 108 valence electrons. The Morgan fingerprint density at radius 2 is 2.00 bits per heavy atom. The molecule has 1 heterocycles. The van der Waals surface area contributed by atoms with Crippen molar-refractivity contribution in [3.05, 3.63) is 28.6 Å². The van der Waals surface area contributed by atoms with Gasteiger partial charge in [-0.2, -0.15) is 4.99 Å². The summed E-state index contributed by atoms with van der Waals surface area (Å²) in [6.45, 7) is 10.8. The maximum atomic E-state index is 12.2. The first kappa shape index (κ1) is 15.0. The van der Waals surface area contributed by atoms with Gasteiger partial charge in [-0.1, -0.05) is 51.2 Å². The molecule has 0 unspecified atom stereocenters. The van der Waals surface area contributed by atoms with Crippen LogP contribution < -0.4 is 4.80 Å². The molecule has 0 aliphatic rings. The number of benzene rings is 1. The lowest BCUT2D eigenvalue weighted by molar-refractivity contribution is -0.125. The molecule has 0 N–H and O–H groups in total. The summed E-state index contributed by atoms with van der Waals surface area (Å²) in [5.74, 6) is -0.0655. The smallest absolute Gasteiger partial charge is 0.253 e. The SMILES string of the molecule is CCc1cccc2sc(=NC(=O)C(C)(C)C)n(CC)c12. The van der Waals surface area contributed by atoms with Gasteiger partial charge in [0.2, 0.25) is 0 Å². The van der Waals surface area contributed by atoms with E-state index in [0.29, 0.717) is 0 Å². The Bertz CT molecular complexity index is 701. The van der Waals surface area contributed by atoms with Crippen LogP contribution in [0.4, 0.5) is 0 Å². The molecule has 1 amide bonds. The number of aromatic nitrogens is 1. The number of hydrogen-bond donors (Lipinski definition) is 0. The average Bonchev–Trinajstić information content (AvgIpc) is 2.74. The van der Waals surface area contributed by atoms with Crippen molar-refractivity contribution < 1.29 is 4.79 Å². The van der Waals surface area contributed by atoms with E-state index in [1.165, 1.54) is 15.8 Å². The molecule has 0 aliphatic carbocycles. The van der Waals surface area contributed by atoms with E-state index in [2.05, 4.69) is 41.6 Å². The average molecular weight is 290 g/mol. The van der Waals surface area contributed by atoms with Crippen molar-refractivity contribution in [2.75, 3.05) is 0 Å². The molecule has 0 radical (unpaired) electrons. The van der Waals surface area contributed by atoms with Gasteiger partial charge in [-0.3, -0.25) is 4.79 Å². The number of carbonyl (C=O) groups is 1. The predicted octanol–water partition coefficient (Wildman–Crippen LogP) is 3.76. The van der Waals surface area contributed by atoms with Crippen LogP contribution in [0.5, 0.6) is 0 Å².